The number of benzene rings is 3. The lowest BCUT2D eigenvalue weighted by atomic mass is 9.88. The van der Waals surface area contributed by atoms with E-state index in [1.165, 1.54) is 0 Å². The normalized spacial score (nSPS) is 17.4. The fourth-order valence-corrected chi connectivity index (χ4v) is 4.54. The van der Waals surface area contributed by atoms with E-state index in [0.29, 0.717) is 12.0 Å². The van der Waals surface area contributed by atoms with Crippen LogP contribution in [0.2, 0.25) is 0 Å². The maximum atomic E-state index is 13.9. The molecule has 2 atom stereocenters. The molecule has 0 spiro atoms. The van der Waals surface area contributed by atoms with Crippen LogP contribution >= 0.6 is 0 Å². The highest BCUT2D eigenvalue weighted by atomic mass is 16.5. The lowest BCUT2D eigenvalue weighted by Crippen LogP contribution is -2.49. The first-order valence-corrected chi connectivity index (χ1v) is 11.4. The van der Waals surface area contributed by atoms with Gasteiger partial charge in [0, 0.05) is 28.9 Å². The molecule has 5 heteroatoms. The van der Waals surface area contributed by atoms with Crippen molar-refractivity contribution in [3.8, 4) is 5.75 Å². The Bertz CT molecular complexity index is 1130. The van der Waals surface area contributed by atoms with Gasteiger partial charge in [-0.1, -0.05) is 50.2 Å². The molecule has 0 aliphatic carbocycles. The van der Waals surface area contributed by atoms with Gasteiger partial charge in [0.25, 0.3) is 5.91 Å². The molecule has 170 valence electrons. The van der Waals surface area contributed by atoms with E-state index in [0.717, 1.165) is 22.7 Å². The van der Waals surface area contributed by atoms with E-state index in [9.17, 15) is 9.59 Å². The lowest BCUT2D eigenvalue weighted by molar-refractivity contribution is -0.122. The standard InChI is InChI=1S/C28H30N2O3/c1-19(2)27(31)29-20(3)18-26(24-12-8-9-13-25(24)29)30(22-14-16-23(33-4)17-15-22)28(32)21-10-6-5-7-11-21/h5-17,19-20,26H,18H2,1-4H3/t20-,26+/m1/s1. The van der Waals surface area contributed by atoms with Crippen molar-refractivity contribution in [2.45, 2.75) is 39.3 Å². The minimum atomic E-state index is -0.214. The molecule has 3 aromatic rings. The number of hydrogen-bond donors (Lipinski definition) is 0. The molecule has 33 heavy (non-hydrogen) atoms. The Morgan fingerprint density at radius 1 is 0.939 bits per heavy atom. The first kappa shape index (κ1) is 22.6. The zero-order valence-corrected chi connectivity index (χ0v) is 19.6. The fourth-order valence-electron chi connectivity index (χ4n) is 4.54. The van der Waals surface area contributed by atoms with Crippen molar-refractivity contribution < 1.29 is 14.3 Å². The number of carbonyl (C=O) groups is 2. The van der Waals surface area contributed by atoms with Crippen molar-refractivity contribution in [2.24, 2.45) is 5.92 Å². The summed E-state index contributed by atoms with van der Waals surface area (Å²) in [5.74, 6) is 0.646. The van der Waals surface area contributed by atoms with Crippen LogP contribution in [0.1, 0.15) is 49.2 Å². The Morgan fingerprint density at radius 3 is 2.21 bits per heavy atom. The third kappa shape index (κ3) is 4.36. The molecule has 0 N–H and O–H groups in total. The van der Waals surface area contributed by atoms with Gasteiger partial charge in [-0.25, -0.2) is 0 Å². The lowest BCUT2D eigenvalue weighted by Gasteiger charge is -2.44. The average molecular weight is 443 g/mol. The molecule has 1 aliphatic rings. The zero-order chi connectivity index (χ0) is 23.5. The smallest absolute Gasteiger partial charge is 0.258 e. The summed E-state index contributed by atoms with van der Waals surface area (Å²) < 4.78 is 5.33. The van der Waals surface area contributed by atoms with Crippen molar-refractivity contribution in [1.82, 2.24) is 0 Å². The average Bonchev–Trinajstić information content (AvgIpc) is 2.84. The van der Waals surface area contributed by atoms with Gasteiger partial charge in [-0.15, -0.1) is 0 Å². The topological polar surface area (TPSA) is 49.9 Å². The van der Waals surface area contributed by atoms with E-state index in [1.54, 1.807) is 7.11 Å². The molecule has 5 nitrogen and oxygen atoms in total. The third-order valence-electron chi connectivity index (χ3n) is 6.19. The number of ether oxygens (including phenoxy) is 1. The number of nitrogens with zero attached hydrogens (tertiary/aromatic N) is 2. The Labute approximate surface area is 195 Å². The molecule has 0 saturated carbocycles. The maximum absolute atomic E-state index is 13.9. The zero-order valence-electron chi connectivity index (χ0n) is 19.6. The number of fused-ring (bicyclic) bond motifs is 1. The summed E-state index contributed by atoms with van der Waals surface area (Å²) in [6, 6.07) is 24.6. The van der Waals surface area contributed by atoms with Crippen molar-refractivity contribution in [3.63, 3.8) is 0 Å². The second kappa shape index (κ2) is 9.49. The summed E-state index contributed by atoms with van der Waals surface area (Å²) in [6.45, 7) is 5.90. The van der Waals surface area contributed by atoms with Crippen LogP contribution in [0, 0.1) is 5.92 Å². The SMILES string of the molecule is COc1ccc(N(C(=O)c2ccccc2)[C@H]2C[C@@H](C)N(C(=O)C(C)C)c3ccccc32)cc1. The molecule has 0 unspecified atom stereocenters. The highest BCUT2D eigenvalue weighted by Crippen LogP contribution is 2.43. The van der Waals surface area contributed by atoms with Crippen molar-refractivity contribution >= 4 is 23.2 Å². The van der Waals surface area contributed by atoms with E-state index in [1.807, 2.05) is 103 Å². The van der Waals surface area contributed by atoms with Crippen LogP contribution in [0.25, 0.3) is 0 Å². The number of rotatable bonds is 5. The summed E-state index contributed by atoms with van der Waals surface area (Å²) in [4.78, 5) is 30.7. The second-order valence-corrected chi connectivity index (χ2v) is 8.76. The van der Waals surface area contributed by atoms with Gasteiger partial charge in [0.15, 0.2) is 0 Å². The van der Waals surface area contributed by atoms with E-state index < -0.39 is 0 Å². The van der Waals surface area contributed by atoms with Crippen molar-refractivity contribution in [1.29, 1.82) is 0 Å². The van der Waals surface area contributed by atoms with Gasteiger partial charge < -0.3 is 14.5 Å². The van der Waals surface area contributed by atoms with E-state index in [-0.39, 0.29) is 29.8 Å². The van der Waals surface area contributed by atoms with E-state index >= 15 is 0 Å². The van der Waals surface area contributed by atoms with Crippen LogP contribution in [0.3, 0.4) is 0 Å². The molecule has 1 aliphatic heterocycles. The molecular formula is C28H30N2O3. The largest absolute Gasteiger partial charge is 0.497 e. The van der Waals surface area contributed by atoms with Crippen LogP contribution in [0.5, 0.6) is 5.75 Å². The molecule has 0 saturated heterocycles. The summed E-state index contributed by atoms with van der Waals surface area (Å²) >= 11 is 0. The van der Waals surface area contributed by atoms with E-state index in [2.05, 4.69) is 6.92 Å². The van der Waals surface area contributed by atoms with Crippen LogP contribution < -0.4 is 14.5 Å². The predicted molar refractivity (Wildman–Crippen MR) is 132 cm³/mol. The van der Waals surface area contributed by atoms with E-state index in [4.69, 9.17) is 4.74 Å². The molecule has 0 bridgehead atoms. The predicted octanol–water partition coefficient (Wildman–Crippen LogP) is 5.86. The molecule has 0 radical (unpaired) electrons. The maximum Gasteiger partial charge on any atom is 0.258 e. The highest BCUT2D eigenvalue weighted by molar-refractivity contribution is 6.07. The number of anilines is 2. The first-order chi connectivity index (χ1) is 15.9. The molecule has 2 amide bonds. The fraction of sp³-hybridized carbons (Fsp3) is 0.286. The summed E-state index contributed by atoms with van der Waals surface area (Å²) in [5, 5.41) is 0. The highest BCUT2D eigenvalue weighted by Gasteiger charge is 2.39. The van der Waals surface area contributed by atoms with Crippen LogP contribution in [-0.4, -0.2) is 25.0 Å². The van der Waals surface area contributed by atoms with Gasteiger partial charge in [0.05, 0.1) is 13.2 Å². The van der Waals surface area contributed by atoms with Crippen LogP contribution in [0.15, 0.2) is 78.9 Å². The number of carbonyl (C=O) groups excluding carboxylic acids is 2. The van der Waals surface area contributed by atoms with Gasteiger partial charge in [-0.05, 0) is 61.4 Å². The number of methoxy groups -OCH3 is 1. The molecule has 1 heterocycles. The van der Waals surface area contributed by atoms with Crippen molar-refractivity contribution in [3.05, 3.63) is 90.0 Å². The summed E-state index contributed by atoms with van der Waals surface area (Å²) in [5.41, 5.74) is 3.27. The molecular weight excluding hydrogens is 412 g/mol. The van der Waals surface area contributed by atoms with Gasteiger partial charge >= 0.3 is 0 Å². The molecule has 0 aromatic heterocycles. The number of amides is 2. The Morgan fingerprint density at radius 2 is 1.58 bits per heavy atom. The third-order valence-corrected chi connectivity index (χ3v) is 6.19. The molecule has 0 fully saturated rings. The molecule has 4 rings (SSSR count). The number of para-hydroxylation sites is 1. The van der Waals surface area contributed by atoms with Gasteiger partial charge in [-0.3, -0.25) is 9.59 Å². The Kier molecular flexibility index (Phi) is 6.50. The number of hydrogen-bond acceptors (Lipinski definition) is 3. The summed E-state index contributed by atoms with van der Waals surface area (Å²) in [6.07, 6.45) is 0.639. The van der Waals surface area contributed by atoms with Gasteiger partial charge in [-0.2, -0.15) is 0 Å². The first-order valence-electron chi connectivity index (χ1n) is 11.4. The summed E-state index contributed by atoms with van der Waals surface area (Å²) in [7, 11) is 1.63. The monoisotopic (exact) mass is 442 g/mol. The van der Waals surface area contributed by atoms with Crippen molar-refractivity contribution in [2.75, 3.05) is 16.9 Å². The Hall–Kier alpha value is -3.60. The van der Waals surface area contributed by atoms with Crippen LogP contribution in [-0.2, 0) is 4.79 Å². The minimum absolute atomic E-state index is 0.0517. The quantitative estimate of drug-likeness (QED) is 0.497. The Balaban J connectivity index is 1.84. The van der Waals surface area contributed by atoms with Crippen LogP contribution in [0.4, 0.5) is 11.4 Å². The molecule has 3 aromatic carbocycles. The van der Waals surface area contributed by atoms with Gasteiger partial charge in [0.2, 0.25) is 5.91 Å². The minimum Gasteiger partial charge on any atom is -0.497 e. The van der Waals surface area contributed by atoms with Gasteiger partial charge in [0.1, 0.15) is 5.75 Å². The second-order valence-electron chi connectivity index (χ2n) is 8.76.